The first-order chi connectivity index (χ1) is 14.0. The molecule has 0 unspecified atom stereocenters. The van der Waals surface area contributed by atoms with Crippen molar-refractivity contribution in [2.24, 2.45) is 0 Å². The van der Waals surface area contributed by atoms with E-state index < -0.39 is 0 Å². The minimum absolute atomic E-state index is 0.0471. The topological polar surface area (TPSA) is 54.9 Å². The molecule has 0 radical (unpaired) electrons. The highest BCUT2D eigenvalue weighted by molar-refractivity contribution is 9.10. The van der Waals surface area contributed by atoms with Crippen molar-refractivity contribution in [3.8, 4) is 11.1 Å². The average molecular weight is 484 g/mol. The van der Waals surface area contributed by atoms with Crippen LogP contribution in [0.3, 0.4) is 0 Å². The number of carbonyl (C=O) groups excluding carboxylic acids is 1. The lowest BCUT2D eigenvalue weighted by molar-refractivity contribution is -0.113. The number of anilines is 1. The molecule has 0 spiro atoms. The number of amides is 1. The van der Waals surface area contributed by atoms with Crippen LogP contribution in [0.15, 0.2) is 63.7 Å². The summed E-state index contributed by atoms with van der Waals surface area (Å²) in [6, 6.07) is 14.2. The normalized spacial score (nSPS) is 11.0. The van der Waals surface area contributed by atoms with Crippen molar-refractivity contribution in [1.29, 1.82) is 0 Å². The van der Waals surface area contributed by atoms with Crippen molar-refractivity contribution in [2.45, 2.75) is 18.9 Å². The van der Waals surface area contributed by atoms with Crippen molar-refractivity contribution in [1.82, 2.24) is 9.97 Å². The predicted molar refractivity (Wildman–Crippen MR) is 126 cm³/mol. The number of aromatic nitrogens is 2. The van der Waals surface area contributed by atoms with E-state index in [9.17, 15) is 4.79 Å². The molecule has 146 valence electrons. The first kappa shape index (κ1) is 20.1. The third kappa shape index (κ3) is 4.52. The number of fused-ring (bicyclic) bond motifs is 1. The zero-order chi connectivity index (χ0) is 20.4. The Morgan fingerprint density at radius 1 is 1.14 bits per heavy atom. The Morgan fingerprint density at radius 2 is 1.93 bits per heavy atom. The van der Waals surface area contributed by atoms with Gasteiger partial charge in [0.15, 0.2) is 0 Å². The molecule has 0 aliphatic rings. The molecular weight excluding hydrogens is 466 g/mol. The van der Waals surface area contributed by atoms with Crippen molar-refractivity contribution in [2.75, 3.05) is 11.1 Å². The number of hydrogen-bond acceptors (Lipinski definition) is 5. The molecule has 2 aromatic heterocycles. The standard InChI is InChI=1S/C22H18BrN3OS2/c1-13-3-8-18(14(2)9-13)26-19(27)11-29-22-20-17(10-28-21(20)24-12-25-22)15-4-6-16(23)7-5-15/h3-10,12H,11H2,1-2H3,(H,26,27). The largest absolute Gasteiger partial charge is 0.325 e. The van der Waals surface area contributed by atoms with Crippen LogP contribution >= 0.6 is 39.0 Å². The van der Waals surface area contributed by atoms with Gasteiger partial charge in [-0.3, -0.25) is 4.79 Å². The first-order valence-electron chi connectivity index (χ1n) is 8.99. The summed E-state index contributed by atoms with van der Waals surface area (Å²) in [5, 5.41) is 6.92. The summed E-state index contributed by atoms with van der Waals surface area (Å²) in [6.45, 7) is 4.04. The second-order valence-corrected chi connectivity index (χ2v) is 9.41. The molecule has 4 nitrogen and oxygen atoms in total. The average Bonchev–Trinajstić information content (AvgIpc) is 3.14. The van der Waals surface area contributed by atoms with E-state index in [4.69, 9.17) is 0 Å². The highest BCUT2D eigenvalue weighted by Gasteiger charge is 2.15. The number of carbonyl (C=O) groups is 1. The van der Waals surface area contributed by atoms with Crippen molar-refractivity contribution < 1.29 is 4.79 Å². The van der Waals surface area contributed by atoms with Gasteiger partial charge in [-0.2, -0.15) is 0 Å². The van der Waals surface area contributed by atoms with Crippen LogP contribution in [0.2, 0.25) is 0 Å². The monoisotopic (exact) mass is 483 g/mol. The number of thiophene rings is 1. The number of benzene rings is 2. The predicted octanol–water partition coefficient (Wildman–Crippen LogP) is 6.47. The third-order valence-corrected chi connectivity index (χ3v) is 6.89. The van der Waals surface area contributed by atoms with Crippen LogP contribution in [0.1, 0.15) is 11.1 Å². The van der Waals surface area contributed by atoms with Crippen LogP contribution < -0.4 is 5.32 Å². The number of nitrogens with zero attached hydrogens (tertiary/aromatic N) is 2. The van der Waals surface area contributed by atoms with Gasteiger partial charge in [-0.05, 0) is 43.2 Å². The van der Waals surface area contributed by atoms with Gasteiger partial charge in [0.25, 0.3) is 0 Å². The Morgan fingerprint density at radius 3 is 2.69 bits per heavy atom. The van der Waals surface area contributed by atoms with Gasteiger partial charge >= 0.3 is 0 Å². The molecule has 0 bridgehead atoms. The third-order valence-electron chi connectivity index (χ3n) is 4.49. The Hall–Kier alpha value is -2.22. The number of halogens is 1. The van der Waals surface area contributed by atoms with Gasteiger partial charge in [0.05, 0.1) is 11.1 Å². The lowest BCUT2D eigenvalue weighted by atomic mass is 10.1. The van der Waals surface area contributed by atoms with Gasteiger partial charge in [-0.1, -0.05) is 57.5 Å². The molecule has 0 saturated carbocycles. The van der Waals surface area contributed by atoms with E-state index in [0.717, 1.165) is 42.1 Å². The fourth-order valence-corrected chi connectivity index (χ4v) is 5.13. The quantitative estimate of drug-likeness (QED) is 0.261. The molecule has 0 saturated heterocycles. The molecule has 0 aliphatic heterocycles. The van der Waals surface area contributed by atoms with Crippen LogP contribution in [0.4, 0.5) is 5.69 Å². The Balaban J connectivity index is 1.55. The van der Waals surface area contributed by atoms with Gasteiger partial charge in [0.2, 0.25) is 5.91 Å². The lowest BCUT2D eigenvalue weighted by Crippen LogP contribution is -2.15. The van der Waals surface area contributed by atoms with Crippen LogP contribution in [0, 0.1) is 13.8 Å². The molecule has 1 N–H and O–H groups in total. The van der Waals surface area contributed by atoms with E-state index >= 15 is 0 Å². The SMILES string of the molecule is Cc1ccc(NC(=O)CSc2ncnc3scc(-c4ccc(Br)cc4)c23)c(C)c1. The minimum atomic E-state index is -0.0471. The van der Waals surface area contributed by atoms with E-state index in [2.05, 4.69) is 54.8 Å². The van der Waals surface area contributed by atoms with Gasteiger partial charge in [-0.15, -0.1) is 11.3 Å². The summed E-state index contributed by atoms with van der Waals surface area (Å²) in [5.74, 6) is 0.240. The van der Waals surface area contributed by atoms with Gasteiger partial charge in [0.1, 0.15) is 16.2 Å². The second kappa shape index (κ2) is 8.65. The maximum absolute atomic E-state index is 12.5. The van der Waals surface area contributed by atoms with E-state index in [-0.39, 0.29) is 11.7 Å². The minimum Gasteiger partial charge on any atom is -0.325 e. The van der Waals surface area contributed by atoms with Crippen molar-refractivity contribution in [3.05, 3.63) is 69.8 Å². The van der Waals surface area contributed by atoms with Crippen LogP contribution in [-0.2, 0) is 4.79 Å². The molecule has 7 heteroatoms. The molecule has 4 rings (SSSR count). The smallest absolute Gasteiger partial charge is 0.234 e. The molecule has 2 aromatic carbocycles. The summed E-state index contributed by atoms with van der Waals surface area (Å²) < 4.78 is 1.04. The zero-order valence-corrected chi connectivity index (χ0v) is 19.1. The molecule has 1 amide bonds. The lowest BCUT2D eigenvalue weighted by Gasteiger charge is -2.09. The summed E-state index contributed by atoms with van der Waals surface area (Å²) in [7, 11) is 0. The number of hydrogen-bond donors (Lipinski definition) is 1. The number of rotatable bonds is 5. The van der Waals surface area contributed by atoms with Crippen LogP contribution in [0.5, 0.6) is 0 Å². The molecular formula is C22H18BrN3OS2. The van der Waals surface area contributed by atoms with E-state index in [1.165, 1.54) is 17.3 Å². The fraction of sp³-hybridized carbons (Fsp3) is 0.136. The Bertz CT molecular complexity index is 1190. The first-order valence-corrected chi connectivity index (χ1v) is 11.6. The van der Waals surface area contributed by atoms with Gasteiger partial charge in [0, 0.05) is 21.1 Å². The van der Waals surface area contributed by atoms with E-state index in [0.29, 0.717) is 0 Å². The molecule has 0 atom stereocenters. The van der Waals surface area contributed by atoms with Crippen LogP contribution in [-0.4, -0.2) is 21.6 Å². The molecule has 0 fully saturated rings. The number of thioether (sulfide) groups is 1. The summed E-state index contributed by atoms with van der Waals surface area (Å²) >= 11 is 6.51. The van der Waals surface area contributed by atoms with Gasteiger partial charge < -0.3 is 5.32 Å². The Labute approximate surface area is 185 Å². The summed E-state index contributed by atoms with van der Waals surface area (Å²) in [4.78, 5) is 22.3. The maximum atomic E-state index is 12.5. The van der Waals surface area contributed by atoms with E-state index in [1.807, 2.05) is 38.1 Å². The Kier molecular flexibility index (Phi) is 5.99. The second-order valence-electron chi connectivity index (χ2n) is 6.67. The van der Waals surface area contributed by atoms with Crippen molar-refractivity contribution >= 4 is 60.8 Å². The molecule has 4 aromatic rings. The highest BCUT2D eigenvalue weighted by atomic mass is 79.9. The molecule has 0 aliphatic carbocycles. The van der Waals surface area contributed by atoms with Gasteiger partial charge in [-0.25, -0.2) is 9.97 Å². The zero-order valence-electron chi connectivity index (χ0n) is 15.9. The number of nitrogens with one attached hydrogen (secondary N) is 1. The summed E-state index contributed by atoms with van der Waals surface area (Å²) in [6.07, 6.45) is 1.56. The number of aryl methyl sites for hydroxylation is 2. The molecule has 29 heavy (non-hydrogen) atoms. The summed E-state index contributed by atoms with van der Waals surface area (Å²) in [5.41, 5.74) is 5.28. The van der Waals surface area contributed by atoms with Crippen LogP contribution in [0.25, 0.3) is 21.3 Å². The van der Waals surface area contributed by atoms with E-state index in [1.54, 1.807) is 17.7 Å². The molecule has 2 heterocycles. The highest BCUT2D eigenvalue weighted by Crippen LogP contribution is 2.38. The maximum Gasteiger partial charge on any atom is 0.234 e. The fourth-order valence-electron chi connectivity index (χ4n) is 3.07. The van der Waals surface area contributed by atoms with Crippen molar-refractivity contribution in [3.63, 3.8) is 0 Å².